The molecule has 0 aliphatic heterocycles. The number of thiazole rings is 1. The van der Waals surface area contributed by atoms with E-state index in [4.69, 9.17) is 39.5 Å². The van der Waals surface area contributed by atoms with E-state index in [1.54, 1.807) is 13.2 Å². The first-order valence-corrected chi connectivity index (χ1v) is 10.8. The van der Waals surface area contributed by atoms with Gasteiger partial charge in [0.2, 0.25) is 9.70 Å². The van der Waals surface area contributed by atoms with Crippen molar-refractivity contribution in [1.82, 2.24) is 10.3 Å². The number of nitrogens with zero attached hydrogens (tertiary/aromatic N) is 1. The molecule has 0 saturated carbocycles. The topological polar surface area (TPSA) is 63.2 Å². The van der Waals surface area contributed by atoms with Crippen molar-refractivity contribution in [3.63, 3.8) is 0 Å². The minimum Gasteiger partial charge on any atom is -0.497 e. The zero-order valence-corrected chi connectivity index (χ0v) is 18.9. The van der Waals surface area contributed by atoms with Crippen molar-refractivity contribution in [3.05, 3.63) is 71.6 Å². The normalized spacial score (nSPS) is 12.5. The molecule has 1 aromatic heterocycles. The van der Waals surface area contributed by atoms with E-state index in [0.29, 0.717) is 5.13 Å². The van der Waals surface area contributed by atoms with Crippen molar-refractivity contribution in [2.75, 3.05) is 12.4 Å². The van der Waals surface area contributed by atoms with E-state index in [2.05, 4.69) is 15.6 Å². The molecule has 0 spiro atoms. The van der Waals surface area contributed by atoms with Crippen LogP contribution in [0.25, 0.3) is 17.3 Å². The number of halogens is 3. The van der Waals surface area contributed by atoms with Crippen LogP contribution in [0.3, 0.4) is 0 Å². The van der Waals surface area contributed by atoms with Crippen LogP contribution < -0.4 is 15.4 Å². The maximum absolute atomic E-state index is 12.3. The average Bonchev–Trinajstić information content (AvgIpc) is 3.20. The van der Waals surface area contributed by atoms with Crippen molar-refractivity contribution < 1.29 is 9.53 Å². The quantitative estimate of drug-likeness (QED) is 0.255. The van der Waals surface area contributed by atoms with E-state index in [9.17, 15) is 4.79 Å². The zero-order chi connectivity index (χ0) is 21.6. The smallest absolute Gasteiger partial charge is 0.245 e. The van der Waals surface area contributed by atoms with Gasteiger partial charge in [-0.3, -0.25) is 4.79 Å². The molecule has 5 nitrogen and oxygen atoms in total. The third-order valence-corrected chi connectivity index (χ3v) is 5.43. The molecule has 0 bridgehead atoms. The molecule has 3 rings (SSSR count). The number of hydrogen-bond donors (Lipinski definition) is 2. The van der Waals surface area contributed by atoms with Crippen LogP contribution in [0.1, 0.15) is 5.56 Å². The lowest BCUT2D eigenvalue weighted by Crippen LogP contribution is -2.48. The number of benzene rings is 2. The molecule has 0 radical (unpaired) electrons. The molecule has 0 saturated heterocycles. The molecule has 3 aromatic rings. The largest absolute Gasteiger partial charge is 0.497 e. The highest BCUT2D eigenvalue weighted by Crippen LogP contribution is 2.33. The van der Waals surface area contributed by atoms with Crippen LogP contribution in [-0.4, -0.2) is 28.0 Å². The molecular formula is C21H18Cl3N3O2S. The summed E-state index contributed by atoms with van der Waals surface area (Å²) in [7, 11) is 1.61. The molecule has 1 heterocycles. The summed E-state index contributed by atoms with van der Waals surface area (Å²) in [4.78, 5) is 16.8. The maximum atomic E-state index is 12.3. The molecule has 0 aliphatic rings. The third-order valence-electron chi connectivity index (χ3n) is 4.00. The fourth-order valence-electron chi connectivity index (χ4n) is 2.48. The predicted octanol–water partition coefficient (Wildman–Crippen LogP) is 5.76. The highest BCUT2D eigenvalue weighted by molar-refractivity contribution is 7.14. The number of methoxy groups -OCH3 is 1. The Morgan fingerprint density at radius 2 is 1.83 bits per heavy atom. The molecule has 2 N–H and O–H groups in total. The van der Waals surface area contributed by atoms with Gasteiger partial charge in [-0.2, -0.15) is 0 Å². The molecule has 9 heteroatoms. The number of ether oxygens (including phenoxy) is 1. The predicted molar refractivity (Wildman–Crippen MR) is 125 cm³/mol. The Morgan fingerprint density at radius 3 is 2.47 bits per heavy atom. The molecule has 2 aromatic carbocycles. The van der Waals surface area contributed by atoms with Crippen LogP contribution in [0.2, 0.25) is 0 Å². The SMILES string of the molecule is COc1ccc(-c2csc(NC(NC(=O)/C=C/c3ccccc3)C(Cl)(Cl)Cl)n2)cc1. The zero-order valence-electron chi connectivity index (χ0n) is 15.8. The Hall–Kier alpha value is -2.25. The summed E-state index contributed by atoms with van der Waals surface area (Å²) < 4.78 is 3.38. The van der Waals surface area contributed by atoms with Crippen molar-refractivity contribution in [2.45, 2.75) is 9.96 Å². The summed E-state index contributed by atoms with van der Waals surface area (Å²) >= 11 is 19.5. The first-order chi connectivity index (χ1) is 14.3. The fraction of sp³-hybridized carbons (Fsp3) is 0.143. The number of amides is 1. The Balaban J connectivity index is 1.68. The Bertz CT molecular complexity index is 1000. The van der Waals surface area contributed by atoms with Gasteiger partial charge in [0, 0.05) is 17.0 Å². The van der Waals surface area contributed by atoms with Gasteiger partial charge >= 0.3 is 0 Å². The van der Waals surface area contributed by atoms with E-state index < -0.39 is 15.9 Å². The highest BCUT2D eigenvalue weighted by atomic mass is 35.6. The molecule has 30 heavy (non-hydrogen) atoms. The number of anilines is 1. The van der Waals surface area contributed by atoms with Gasteiger partial charge in [-0.25, -0.2) is 4.98 Å². The summed E-state index contributed by atoms with van der Waals surface area (Å²) in [6.45, 7) is 0. The van der Waals surface area contributed by atoms with Crippen molar-refractivity contribution >= 4 is 63.3 Å². The number of hydrogen-bond acceptors (Lipinski definition) is 5. The molecule has 1 unspecified atom stereocenters. The fourth-order valence-corrected chi connectivity index (χ4v) is 3.56. The van der Waals surface area contributed by atoms with Crippen molar-refractivity contribution in [2.24, 2.45) is 0 Å². The van der Waals surface area contributed by atoms with E-state index in [1.807, 2.05) is 60.0 Å². The number of rotatable bonds is 7. The molecule has 0 fully saturated rings. The number of carbonyl (C=O) groups is 1. The lowest BCUT2D eigenvalue weighted by Gasteiger charge is -2.25. The summed E-state index contributed by atoms with van der Waals surface area (Å²) in [5.41, 5.74) is 2.55. The first kappa shape index (κ1) is 22.4. The summed E-state index contributed by atoms with van der Waals surface area (Å²) in [5, 5.41) is 8.01. The van der Waals surface area contributed by atoms with Gasteiger partial charge in [0.15, 0.2) is 5.13 Å². The van der Waals surface area contributed by atoms with Gasteiger partial charge in [0.1, 0.15) is 11.9 Å². The van der Waals surface area contributed by atoms with Crippen LogP contribution in [0.4, 0.5) is 5.13 Å². The molecular weight excluding hydrogens is 465 g/mol. The van der Waals surface area contributed by atoms with Crippen LogP contribution in [0.5, 0.6) is 5.75 Å². The van der Waals surface area contributed by atoms with Gasteiger partial charge in [-0.1, -0.05) is 65.1 Å². The van der Waals surface area contributed by atoms with Crippen LogP contribution in [0, 0.1) is 0 Å². The minimum atomic E-state index is -1.79. The van der Waals surface area contributed by atoms with E-state index >= 15 is 0 Å². The van der Waals surface area contributed by atoms with E-state index in [1.165, 1.54) is 17.4 Å². The third kappa shape index (κ3) is 6.37. The number of aromatic nitrogens is 1. The Labute approximate surface area is 193 Å². The van der Waals surface area contributed by atoms with Gasteiger partial charge in [0.05, 0.1) is 12.8 Å². The van der Waals surface area contributed by atoms with Crippen molar-refractivity contribution in [3.8, 4) is 17.0 Å². The Kier molecular flexibility index (Phi) is 7.61. The molecule has 1 amide bonds. The molecule has 156 valence electrons. The second kappa shape index (κ2) is 10.2. The Morgan fingerprint density at radius 1 is 1.13 bits per heavy atom. The van der Waals surface area contributed by atoms with Crippen molar-refractivity contribution in [1.29, 1.82) is 0 Å². The van der Waals surface area contributed by atoms with E-state index in [-0.39, 0.29) is 0 Å². The second-order valence-corrected chi connectivity index (χ2v) is 9.37. The number of carbonyl (C=O) groups excluding carboxylic acids is 1. The van der Waals surface area contributed by atoms with Gasteiger partial charge in [0.25, 0.3) is 0 Å². The average molecular weight is 483 g/mol. The summed E-state index contributed by atoms with van der Waals surface area (Å²) in [6, 6.07) is 16.9. The summed E-state index contributed by atoms with van der Waals surface area (Å²) in [6.07, 6.45) is 2.08. The molecule has 0 aliphatic carbocycles. The van der Waals surface area contributed by atoms with Gasteiger partial charge in [-0.15, -0.1) is 11.3 Å². The van der Waals surface area contributed by atoms with E-state index in [0.717, 1.165) is 22.6 Å². The number of nitrogens with one attached hydrogen (secondary N) is 2. The number of alkyl halides is 3. The summed E-state index contributed by atoms with van der Waals surface area (Å²) in [5.74, 6) is 0.351. The van der Waals surface area contributed by atoms with Gasteiger partial charge in [-0.05, 0) is 35.9 Å². The minimum absolute atomic E-state index is 0.408. The second-order valence-electron chi connectivity index (χ2n) is 6.14. The van der Waals surface area contributed by atoms with Gasteiger partial charge < -0.3 is 15.4 Å². The van der Waals surface area contributed by atoms with Crippen LogP contribution >= 0.6 is 46.1 Å². The highest BCUT2D eigenvalue weighted by Gasteiger charge is 2.34. The van der Waals surface area contributed by atoms with Crippen LogP contribution in [0.15, 0.2) is 66.1 Å². The first-order valence-electron chi connectivity index (χ1n) is 8.82. The lowest BCUT2D eigenvalue weighted by molar-refractivity contribution is -0.116. The lowest BCUT2D eigenvalue weighted by atomic mass is 10.2. The maximum Gasteiger partial charge on any atom is 0.245 e. The standard InChI is InChI=1S/C21H18Cl3N3O2S/c1-29-16-10-8-15(9-11-16)17-13-30-20(25-17)27-19(21(22,23)24)26-18(28)12-7-14-5-3-2-4-6-14/h2-13,19H,1H3,(H,25,27)(H,26,28)/b12-7+. The molecule has 1 atom stereocenters. The van der Waals surface area contributed by atoms with Crippen LogP contribution in [-0.2, 0) is 4.79 Å². The monoisotopic (exact) mass is 481 g/mol.